The minimum Gasteiger partial charge on any atom is -0.493 e. The van der Waals surface area contributed by atoms with Crippen molar-refractivity contribution in [2.24, 2.45) is 5.10 Å². The van der Waals surface area contributed by atoms with Gasteiger partial charge in [-0.3, -0.25) is 9.59 Å². The summed E-state index contributed by atoms with van der Waals surface area (Å²) in [7, 11) is 3.00. The van der Waals surface area contributed by atoms with Crippen molar-refractivity contribution < 1.29 is 19.1 Å². The van der Waals surface area contributed by atoms with Gasteiger partial charge in [-0.1, -0.05) is 36.4 Å². The number of benzene rings is 2. The summed E-state index contributed by atoms with van der Waals surface area (Å²) in [5.74, 6) is 0.122. The van der Waals surface area contributed by atoms with Crippen molar-refractivity contribution in [3.63, 3.8) is 0 Å². The van der Waals surface area contributed by atoms with Crippen LogP contribution >= 0.6 is 0 Å². The van der Waals surface area contributed by atoms with Gasteiger partial charge in [0.15, 0.2) is 11.5 Å². The van der Waals surface area contributed by atoms with Crippen molar-refractivity contribution in [2.45, 2.75) is 6.92 Å². The minimum absolute atomic E-state index is 0.202. The van der Waals surface area contributed by atoms with Gasteiger partial charge in [0.2, 0.25) is 0 Å². The Bertz CT molecular complexity index is 876. The highest BCUT2D eigenvalue weighted by molar-refractivity contribution is 5.98. The lowest BCUT2D eigenvalue weighted by Crippen LogP contribution is -2.35. The van der Waals surface area contributed by atoms with E-state index < -0.39 is 11.8 Å². The summed E-state index contributed by atoms with van der Waals surface area (Å²) in [5.41, 5.74) is 4.42. The molecule has 7 nitrogen and oxygen atoms in total. The lowest BCUT2D eigenvalue weighted by molar-refractivity contribution is -0.120. The first-order valence-corrected chi connectivity index (χ1v) is 8.60. The lowest BCUT2D eigenvalue weighted by Gasteiger charge is -2.09. The second-order valence-electron chi connectivity index (χ2n) is 5.78. The first kappa shape index (κ1) is 20.7. The molecule has 0 fully saturated rings. The topological polar surface area (TPSA) is 89.0 Å². The normalized spacial score (nSPS) is 11.2. The summed E-state index contributed by atoms with van der Waals surface area (Å²) in [4.78, 5) is 24.1. The maximum atomic E-state index is 12.2. The summed E-state index contributed by atoms with van der Waals surface area (Å²) in [5, 5.41) is 6.52. The number of methoxy groups -OCH3 is 2. The molecule has 2 aromatic rings. The quantitative estimate of drug-likeness (QED) is 0.543. The zero-order valence-corrected chi connectivity index (χ0v) is 16.1. The fraction of sp³-hybridized carbons (Fsp3) is 0.190. The number of rotatable bonds is 8. The summed E-state index contributed by atoms with van der Waals surface area (Å²) >= 11 is 0. The number of carbonyl (C=O) groups is 2. The van der Waals surface area contributed by atoms with Gasteiger partial charge in [0.05, 0.1) is 26.5 Å². The molecule has 2 N–H and O–H groups in total. The maximum Gasteiger partial charge on any atom is 0.259 e. The van der Waals surface area contributed by atoms with E-state index in [4.69, 9.17) is 9.47 Å². The summed E-state index contributed by atoms with van der Waals surface area (Å²) < 4.78 is 10.3. The zero-order valence-electron chi connectivity index (χ0n) is 16.1. The molecule has 0 bridgehead atoms. The van der Waals surface area contributed by atoms with Crippen LogP contribution in [0.15, 0.2) is 59.7 Å². The average Bonchev–Trinajstić information content (AvgIpc) is 2.74. The third kappa shape index (κ3) is 6.28. The first-order valence-electron chi connectivity index (χ1n) is 8.60. The monoisotopic (exact) mass is 381 g/mol. The fourth-order valence-corrected chi connectivity index (χ4v) is 2.25. The molecular weight excluding hydrogens is 358 g/mol. The van der Waals surface area contributed by atoms with E-state index in [0.29, 0.717) is 22.8 Å². The van der Waals surface area contributed by atoms with Crippen LogP contribution in [0.4, 0.5) is 0 Å². The van der Waals surface area contributed by atoms with Crippen LogP contribution in [0.2, 0.25) is 0 Å². The molecular formula is C21H23N3O4. The number of nitrogens with one attached hydrogen (secondary N) is 2. The molecule has 0 unspecified atom stereocenters. The molecule has 0 atom stereocenters. The molecule has 0 heterocycles. The maximum absolute atomic E-state index is 12.2. The number of hydrogen-bond acceptors (Lipinski definition) is 5. The van der Waals surface area contributed by atoms with Gasteiger partial charge in [-0.2, -0.15) is 5.10 Å². The van der Waals surface area contributed by atoms with E-state index in [9.17, 15) is 9.59 Å². The Morgan fingerprint density at radius 1 is 1.04 bits per heavy atom. The lowest BCUT2D eigenvalue weighted by atomic mass is 10.2. The Balaban J connectivity index is 1.84. The molecule has 0 aliphatic carbocycles. The third-order valence-electron chi connectivity index (χ3n) is 3.73. The van der Waals surface area contributed by atoms with Crippen molar-refractivity contribution in [1.82, 2.24) is 10.7 Å². The Morgan fingerprint density at radius 2 is 1.75 bits per heavy atom. The average molecular weight is 381 g/mol. The number of allylic oxidation sites excluding steroid dienone is 1. The Kier molecular flexibility index (Phi) is 7.77. The predicted octanol–water partition coefficient (Wildman–Crippen LogP) is 2.64. The largest absolute Gasteiger partial charge is 0.493 e. The van der Waals surface area contributed by atoms with Crippen molar-refractivity contribution in [3.05, 3.63) is 65.7 Å². The molecule has 2 rings (SSSR count). The Hall–Kier alpha value is -3.61. The van der Waals surface area contributed by atoms with Crippen molar-refractivity contribution in [2.75, 3.05) is 20.8 Å². The number of ether oxygens (including phenoxy) is 2. The van der Waals surface area contributed by atoms with Crippen LogP contribution < -0.4 is 20.2 Å². The first-order chi connectivity index (χ1) is 13.5. The number of nitrogens with zero attached hydrogens (tertiary/aromatic N) is 1. The van der Waals surface area contributed by atoms with Crippen molar-refractivity contribution >= 4 is 23.6 Å². The molecule has 2 amide bonds. The number of amides is 2. The van der Waals surface area contributed by atoms with Gasteiger partial charge in [-0.15, -0.1) is 0 Å². The van der Waals surface area contributed by atoms with Crippen molar-refractivity contribution in [1.29, 1.82) is 0 Å². The van der Waals surface area contributed by atoms with E-state index >= 15 is 0 Å². The van der Waals surface area contributed by atoms with Gasteiger partial charge in [-0.25, -0.2) is 5.43 Å². The van der Waals surface area contributed by atoms with Crippen LogP contribution in [-0.4, -0.2) is 38.3 Å². The number of hydrazone groups is 1. The van der Waals surface area contributed by atoms with Crippen LogP contribution in [0, 0.1) is 0 Å². The minimum atomic E-state index is -0.429. The van der Waals surface area contributed by atoms with Gasteiger partial charge in [-0.05, 0) is 36.8 Å². The predicted molar refractivity (Wildman–Crippen MR) is 109 cm³/mol. The van der Waals surface area contributed by atoms with Gasteiger partial charge in [0, 0.05) is 5.56 Å². The highest BCUT2D eigenvalue weighted by Gasteiger charge is 2.11. The number of hydrogen-bond donors (Lipinski definition) is 2. The molecule has 0 radical (unpaired) electrons. The molecule has 0 spiro atoms. The van der Waals surface area contributed by atoms with Crippen LogP contribution in [-0.2, 0) is 4.79 Å². The van der Waals surface area contributed by atoms with E-state index in [-0.39, 0.29) is 6.54 Å². The second kappa shape index (κ2) is 10.5. The number of carbonyl (C=O) groups excluding carboxylic acids is 2. The van der Waals surface area contributed by atoms with E-state index in [1.165, 1.54) is 14.2 Å². The van der Waals surface area contributed by atoms with Crippen LogP contribution in [0.5, 0.6) is 11.5 Å². The van der Waals surface area contributed by atoms with E-state index in [2.05, 4.69) is 15.8 Å². The standard InChI is InChI=1S/C21H23N3O4/c1-15(9-10-16-7-5-4-6-8-16)23-24-20(25)14-22-21(26)17-11-12-18(27-2)19(13-17)28-3/h4-13H,14H2,1-3H3,(H,22,26)(H,24,25)/b10-9+,23-15?. The summed E-state index contributed by atoms with van der Waals surface area (Å²) in [6.45, 7) is 1.56. The molecule has 7 heteroatoms. The van der Waals surface area contributed by atoms with Crippen LogP contribution in [0.25, 0.3) is 6.08 Å². The Morgan fingerprint density at radius 3 is 2.43 bits per heavy atom. The Labute approximate surface area is 164 Å². The van der Waals surface area contributed by atoms with Gasteiger partial charge >= 0.3 is 0 Å². The van der Waals surface area contributed by atoms with E-state index in [0.717, 1.165) is 5.56 Å². The summed E-state index contributed by atoms with van der Waals surface area (Å²) in [6.07, 6.45) is 3.68. The van der Waals surface area contributed by atoms with E-state index in [1.54, 1.807) is 31.2 Å². The molecule has 0 aliphatic rings. The van der Waals surface area contributed by atoms with Crippen LogP contribution in [0.1, 0.15) is 22.8 Å². The smallest absolute Gasteiger partial charge is 0.259 e. The van der Waals surface area contributed by atoms with Gasteiger partial charge < -0.3 is 14.8 Å². The molecule has 2 aromatic carbocycles. The molecule has 146 valence electrons. The zero-order chi connectivity index (χ0) is 20.4. The van der Waals surface area contributed by atoms with Crippen molar-refractivity contribution in [3.8, 4) is 11.5 Å². The SMILES string of the molecule is COc1ccc(C(=O)NCC(=O)NN=C(C)/C=C/c2ccccc2)cc1OC. The second-order valence-corrected chi connectivity index (χ2v) is 5.78. The fourth-order valence-electron chi connectivity index (χ4n) is 2.25. The van der Waals surface area contributed by atoms with E-state index in [1.807, 2.05) is 36.4 Å². The summed E-state index contributed by atoms with van der Waals surface area (Å²) in [6, 6.07) is 14.5. The highest BCUT2D eigenvalue weighted by Crippen LogP contribution is 2.27. The van der Waals surface area contributed by atoms with Gasteiger partial charge in [0.25, 0.3) is 11.8 Å². The van der Waals surface area contributed by atoms with Gasteiger partial charge in [0.1, 0.15) is 0 Å². The third-order valence-corrected chi connectivity index (χ3v) is 3.73. The molecule has 28 heavy (non-hydrogen) atoms. The molecule has 0 saturated heterocycles. The van der Waals surface area contributed by atoms with Crippen LogP contribution in [0.3, 0.4) is 0 Å². The molecule has 0 saturated carbocycles. The molecule has 0 aromatic heterocycles. The highest BCUT2D eigenvalue weighted by atomic mass is 16.5. The molecule has 0 aliphatic heterocycles.